The number of nitrogens with one attached hydrogen (secondary N) is 1. The van der Waals surface area contributed by atoms with E-state index in [1.807, 2.05) is 50.8 Å². The molecule has 0 fully saturated rings. The van der Waals surface area contributed by atoms with E-state index in [2.05, 4.69) is 10.3 Å². The molecular weight excluding hydrogens is 226 g/mol. The van der Waals surface area contributed by atoms with Gasteiger partial charge in [0.25, 0.3) is 0 Å². The lowest BCUT2D eigenvalue weighted by Gasteiger charge is -2.21. The van der Waals surface area contributed by atoms with Crippen LogP contribution in [-0.2, 0) is 11.3 Å². The van der Waals surface area contributed by atoms with Crippen LogP contribution in [0.25, 0.3) is 0 Å². The molecule has 0 spiro atoms. The van der Waals surface area contributed by atoms with Gasteiger partial charge in [0.1, 0.15) is 0 Å². The summed E-state index contributed by atoms with van der Waals surface area (Å²) in [4.78, 5) is 18.2. The molecule has 0 aliphatic rings. The second kappa shape index (κ2) is 7.11. The molecule has 100 valence electrons. The molecule has 0 saturated carbocycles. The maximum Gasteiger partial charge on any atom is 0.236 e. The number of rotatable bonds is 6. The Morgan fingerprint density at radius 2 is 2.17 bits per heavy atom. The van der Waals surface area contributed by atoms with Crippen LogP contribution in [0.15, 0.2) is 18.2 Å². The number of aryl methyl sites for hydroxylation is 1. The Morgan fingerprint density at radius 3 is 2.72 bits per heavy atom. The van der Waals surface area contributed by atoms with Crippen molar-refractivity contribution >= 4 is 5.91 Å². The van der Waals surface area contributed by atoms with Crippen LogP contribution < -0.4 is 5.32 Å². The zero-order valence-electron chi connectivity index (χ0n) is 11.7. The zero-order valence-corrected chi connectivity index (χ0v) is 11.7. The van der Waals surface area contributed by atoms with Gasteiger partial charge in [-0.25, -0.2) is 0 Å². The van der Waals surface area contributed by atoms with Crippen molar-refractivity contribution in [1.29, 1.82) is 0 Å². The van der Waals surface area contributed by atoms with E-state index in [9.17, 15) is 4.79 Å². The van der Waals surface area contributed by atoms with Crippen LogP contribution >= 0.6 is 0 Å². The molecule has 1 aromatic rings. The van der Waals surface area contributed by atoms with Crippen LogP contribution in [0.3, 0.4) is 0 Å². The molecule has 0 atom stereocenters. The van der Waals surface area contributed by atoms with Gasteiger partial charge in [0.2, 0.25) is 5.91 Å². The first-order chi connectivity index (χ1) is 8.52. The molecule has 1 rings (SSSR count). The summed E-state index contributed by atoms with van der Waals surface area (Å²) in [7, 11) is 0. The van der Waals surface area contributed by atoms with E-state index in [4.69, 9.17) is 0 Å². The fraction of sp³-hybridized carbons (Fsp3) is 0.571. The molecule has 18 heavy (non-hydrogen) atoms. The molecule has 4 heteroatoms. The first-order valence-electron chi connectivity index (χ1n) is 6.46. The number of amides is 1. The highest BCUT2D eigenvalue weighted by molar-refractivity contribution is 5.78. The van der Waals surface area contributed by atoms with Gasteiger partial charge in [0.15, 0.2) is 0 Å². The Kier molecular flexibility index (Phi) is 5.78. The molecule has 0 aliphatic carbocycles. The smallest absolute Gasteiger partial charge is 0.236 e. The summed E-state index contributed by atoms with van der Waals surface area (Å²) >= 11 is 0. The first kappa shape index (κ1) is 14.6. The summed E-state index contributed by atoms with van der Waals surface area (Å²) < 4.78 is 0. The van der Waals surface area contributed by atoms with E-state index in [0.29, 0.717) is 25.7 Å². The molecule has 1 amide bonds. The van der Waals surface area contributed by atoms with Gasteiger partial charge in [-0.3, -0.25) is 9.78 Å². The van der Waals surface area contributed by atoms with Crippen molar-refractivity contribution in [2.24, 2.45) is 0 Å². The van der Waals surface area contributed by atoms with Crippen LogP contribution in [0.5, 0.6) is 0 Å². The normalized spacial score (nSPS) is 10.7. The monoisotopic (exact) mass is 249 g/mol. The fourth-order valence-corrected chi connectivity index (χ4v) is 1.66. The van der Waals surface area contributed by atoms with Crippen LogP contribution in [0.1, 0.15) is 32.2 Å². The number of hydrogen-bond acceptors (Lipinski definition) is 3. The van der Waals surface area contributed by atoms with Crippen LogP contribution in [0.2, 0.25) is 0 Å². The van der Waals surface area contributed by atoms with Gasteiger partial charge >= 0.3 is 0 Å². The largest absolute Gasteiger partial charge is 0.336 e. The Morgan fingerprint density at radius 1 is 1.44 bits per heavy atom. The lowest BCUT2D eigenvalue weighted by Crippen LogP contribution is -2.39. The van der Waals surface area contributed by atoms with Crippen molar-refractivity contribution in [3.63, 3.8) is 0 Å². The van der Waals surface area contributed by atoms with E-state index >= 15 is 0 Å². The Labute approximate surface area is 109 Å². The van der Waals surface area contributed by atoms with Crippen LogP contribution in [-0.4, -0.2) is 34.9 Å². The number of pyridine rings is 1. The molecule has 0 aromatic carbocycles. The lowest BCUT2D eigenvalue weighted by molar-refractivity contribution is -0.130. The van der Waals surface area contributed by atoms with Crippen molar-refractivity contribution in [3.05, 3.63) is 29.6 Å². The molecule has 0 aliphatic heterocycles. The third-order valence-electron chi connectivity index (χ3n) is 2.69. The number of carbonyl (C=O) groups is 1. The van der Waals surface area contributed by atoms with Gasteiger partial charge in [-0.1, -0.05) is 19.9 Å². The molecule has 0 radical (unpaired) electrons. The Bertz CT molecular complexity index is 390. The average molecular weight is 249 g/mol. The van der Waals surface area contributed by atoms with Gasteiger partial charge in [-0.05, 0) is 26.0 Å². The minimum Gasteiger partial charge on any atom is -0.336 e. The average Bonchev–Trinajstić information content (AvgIpc) is 2.33. The van der Waals surface area contributed by atoms with Crippen molar-refractivity contribution in [1.82, 2.24) is 15.2 Å². The van der Waals surface area contributed by atoms with E-state index in [0.717, 1.165) is 11.4 Å². The third-order valence-corrected chi connectivity index (χ3v) is 2.69. The summed E-state index contributed by atoms with van der Waals surface area (Å²) in [6.07, 6.45) is 0. The lowest BCUT2D eigenvalue weighted by atomic mass is 10.3. The SMILES string of the molecule is CCN(Cc1cccc(C)n1)C(=O)CNC(C)C. The maximum absolute atomic E-state index is 12.0. The zero-order chi connectivity index (χ0) is 13.5. The molecule has 1 aromatic heterocycles. The standard InChI is InChI=1S/C14H23N3O/c1-5-17(14(18)9-15-11(2)3)10-13-8-6-7-12(4)16-13/h6-8,11,15H,5,9-10H2,1-4H3. The Hall–Kier alpha value is -1.42. The topological polar surface area (TPSA) is 45.2 Å². The number of hydrogen-bond donors (Lipinski definition) is 1. The fourth-order valence-electron chi connectivity index (χ4n) is 1.66. The Balaban J connectivity index is 2.58. The highest BCUT2D eigenvalue weighted by Crippen LogP contribution is 2.03. The van der Waals surface area contributed by atoms with Crippen molar-refractivity contribution < 1.29 is 4.79 Å². The quantitative estimate of drug-likeness (QED) is 0.835. The van der Waals surface area contributed by atoms with Gasteiger partial charge in [0.05, 0.1) is 18.8 Å². The molecule has 0 saturated heterocycles. The van der Waals surface area contributed by atoms with Crippen molar-refractivity contribution in [3.8, 4) is 0 Å². The van der Waals surface area contributed by atoms with E-state index in [1.54, 1.807) is 0 Å². The molecule has 0 bridgehead atoms. The molecular formula is C14H23N3O. The summed E-state index contributed by atoms with van der Waals surface area (Å²) in [6, 6.07) is 6.22. The number of aromatic nitrogens is 1. The molecule has 1 N–H and O–H groups in total. The van der Waals surface area contributed by atoms with E-state index in [1.165, 1.54) is 0 Å². The highest BCUT2D eigenvalue weighted by atomic mass is 16.2. The second-order valence-corrected chi connectivity index (χ2v) is 4.71. The number of carbonyl (C=O) groups excluding carboxylic acids is 1. The van der Waals surface area contributed by atoms with E-state index < -0.39 is 0 Å². The molecule has 1 heterocycles. The van der Waals surface area contributed by atoms with Gasteiger partial charge in [0, 0.05) is 18.3 Å². The predicted molar refractivity (Wildman–Crippen MR) is 73.2 cm³/mol. The maximum atomic E-state index is 12.0. The summed E-state index contributed by atoms with van der Waals surface area (Å²) in [6.45, 7) is 9.69. The molecule has 0 unspecified atom stereocenters. The number of nitrogens with zero attached hydrogens (tertiary/aromatic N) is 2. The van der Waals surface area contributed by atoms with Crippen molar-refractivity contribution in [2.45, 2.75) is 40.3 Å². The highest BCUT2D eigenvalue weighted by Gasteiger charge is 2.12. The van der Waals surface area contributed by atoms with Gasteiger partial charge < -0.3 is 10.2 Å². The predicted octanol–water partition coefficient (Wildman–Crippen LogP) is 1.74. The van der Waals surface area contributed by atoms with Crippen molar-refractivity contribution in [2.75, 3.05) is 13.1 Å². The summed E-state index contributed by atoms with van der Waals surface area (Å²) in [5.74, 6) is 0.120. The minimum absolute atomic E-state index is 0.120. The summed E-state index contributed by atoms with van der Waals surface area (Å²) in [5, 5.41) is 3.15. The second-order valence-electron chi connectivity index (χ2n) is 4.71. The number of likely N-dealkylation sites (N-methyl/N-ethyl adjacent to an activating group) is 1. The minimum atomic E-state index is 0.120. The first-order valence-corrected chi connectivity index (χ1v) is 6.46. The van der Waals surface area contributed by atoms with Gasteiger partial charge in [-0.2, -0.15) is 0 Å². The summed E-state index contributed by atoms with van der Waals surface area (Å²) in [5.41, 5.74) is 1.92. The van der Waals surface area contributed by atoms with E-state index in [-0.39, 0.29) is 5.91 Å². The molecule has 4 nitrogen and oxygen atoms in total. The third kappa shape index (κ3) is 4.84. The van der Waals surface area contributed by atoms with Crippen LogP contribution in [0.4, 0.5) is 0 Å². The van der Waals surface area contributed by atoms with Gasteiger partial charge in [-0.15, -0.1) is 0 Å². The van der Waals surface area contributed by atoms with Crippen LogP contribution in [0, 0.1) is 6.92 Å².